The molecule has 1 heterocycles. The van der Waals surface area contributed by atoms with Crippen LogP contribution in [-0.2, 0) is 4.79 Å². The van der Waals surface area contributed by atoms with Gasteiger partial charge in [-0.3, -0.25) is 4.79 Å². The van der Waals surface area contributed by atoms with E-state index in [1.54, 1.807) is 11.8 Å². The maximum absolute atomic E-state index is 12.0. The molecule has 144 valence electrons. The molecule has 0 aliphatic heterocycles. The van der Waals surface area contributed by atoms with Gasteiger partial charge in [0, 0.05) is 5.69 Å². The van der Waals surface area contributed by atoms with Crippen molar-refractivity contribution in [3.63, 3.8) is 0 Å². The number of carbonyl (C=O) groups excluding carboxylic acids is 1. The van der Waals surface area contributed by atoms with E-state index in [0.29, 0.717) is 16.4 Å². The highest BCUT2D eigenvalue weighted by Gasteiger charge is 2.13. The molecule has 0 aliphatic rings. The third kappa shape index (κ3) is 4.69. The minimum Gasteiger partial charge on any atom is -0.497 e. The average Bonchev–Trinajstić information content (AvgIpc) is 3.01. The van der Waals surface area contributed by atoms with Gasteiger partial charge in [0.1, 0.15) is 10.9 Å². The molecular weight excluding hydrogens is 378 g/mol. The maximum Gasteiger partial charge on any atom is 0.259 e. The number of amides is 1. The van der Waals surface area contributed by atoms with Crippen molar-refractivity contribution in [3.8, 4) is 11.4 Å². The fraction of sp³-hybridized carbons (Fsp3) is 0.150. The number of nitrogens with zero attached hydrogens (tertiary/aromatic N) is 3. The molecule has 0 bridgehead atoms. The SMILES string of the molecule is COc1ccc(NCC(=O)N/N=C/c2c(C)nn(-c3ccccc3)c2Cl)cc1. The molecule has 0 radical (unpaired) electrons. The highest BCUT2D eigenvalue weighted by atomic mass is 35.5. The van der Waals surface area contributed by atoms with E-state index >= 15 is 0 Å². The lowest BCUT2D eigenvalue weighted by Gasteiger charge is -2.06. The maximum atomic E-state index is 12.0. The summed E-state index contributed by atoms with van der Waals surface area (Å²) in [5, 5.41) is 11.9. The molecule has 0 unspecified atom stereocenters. The van der Waals surface area contributed by atoms with Crippen LogP contribution in [0, 0.1) is 6.92 Å². The van der Waals surface area contributed by atoms with Crippen LogP contribution in [0.1, 0.15) is 11.3 Å². The average molecular weight is 398 g/mol. The second-order valence-electron chi connectivity index (χ2n) is 5.91. The Morgan fingerprint density at radius 2 is 1.93 bits per heavy atom. The van der Waals surface area contributed by atoms with Crippen LogP contribution in [0.4, 0.5) is 5.69 Å². The number of benzene rings is 2. The lowest BCUT2D eigenvalue weighted by atomic mass is 10.3. The number of ether oxygens (including phenoxy) is 1. The largest absolute Gasteiger partial charge is 0.497 e. The minimum atomic E-state index is -0.281. The number of hydrogen-bond donors (Lipinski definition) is 2. The van der Waals surface area contributed by atoms with E-state index in [4.69, 9.17) is 16.3 Å². The van der Waals surface area contributed by atoms with E-state index in [-0.39, 0.29) is 12.5 Å². The van der Waals surface area contributed by atoms with Gasteiger partial charge in [0.25, 0.3) is 5.91 Å². The predicted octanol–water partition coefficient (Wildman–Crippen LogP) is 3.40. The van der Waals surface area contributed by atoms with E-state index < -0.39 is 0 Å². The molecule has 3 aromatic rings. The van der Waals surface area contributed by atoms with Gasteiger partial charge in [-0.05, 0) is 43.3 Å². The third-order valence-electron chi connectivity index (χ3n) is 3.97. The Morgan fingerprint density at radius 3 is 2.61 bits per heavy atom. The van der Waals surface area contributed by atoms with Crippen LogP contribution in [-0.4, -0.2) is 35.6 Å². The van der Waals surface area contributed by atoms with Crippen LogP contribution in [0.2, 0.25) is 5.15 Å². The van der Waals surface area contributed by atoms with Crippen LogP contribution in [0.3, 0.4) is 0 Å². The summed E-state index contributed by atoms with van der Waals surface area (Å²) in [6, 6.07) is 16.8. The number of nitrogens with one attached hydrogen (secondary N) is 2. The molecular formula is C20H20ClN5O2. The number of carbonyl (C=O) groups is 1. The summed E-state index contributed by atoms with van der Waals surface area (Å²) in [6.45, 7) is 1.92. The van der Waals surface area contributed by atoms with Gasteiger partial charge in [0.15, 0.2) is 0 Å². The van der Waals surface area contributed by atoms with Gasteiger partial charge in [-0.2, -0.15) is 10.2 Å². The standard InChI is InChI=1S/C20H20ClN5O2/c1-14-18(20(21)26(25-14)16-6-4-3-5-7-16)12-23-24-19(27)13-22-15-8-10-17(28-2)11-9-15/h3-12,22H,13H2,1-2H3,(H,24,27)/b23-12+. The van der Waals surface area contributed by atoms with Crippen LogP contribution in [0.15, 0.2) is 59.7 Å². The van der Waals surface area contributed by atoms with E-state index in [9.17, 15) is 4.79 Å². The van der Waals surface area contributed by atoms with E-state index in [1.165, 1.54) is 6.21 Å². The highest BCUT2D eigenvalue weighted by molar-refractivity contribution is 6.32. The highest BCUT2D eigenvalue weighted by Crippen LogP contribution is 2.21. The number of para-hydroxylation sites is 1. The van der Waals surface area contributed by atoms with Crippen molar-refractivity contribution >= 4 is 29.4 Å². The Kier molecular flexibility index (Phi) is 6.29. The molecule has 0 saturated heterocycles. The van der Waals surface area contributed by atoms with Crippen molar-refractivity contribution < 1.29 is 9.53 Å². The molecule has 7 nitrogen and oxygen atoms in total. The zero-order valence-corrected chi connectivity index (χ0v) is 16.3. The normalized spacial score (nSPS) is 10.8. The zero-order chi connectivity index (χ0) is 19.9. The first kappa shape index (κ1) is 19.4. The van der Waals surface area contributed by atoms with Gasteiger partial charge in [0.2, 0.25) is 0 Å². The van der Waals surface area contributed by atoms with Crippen molar-refractivity contribution in [3.05, 3.63) is 71.0 Å². The lowest BCUT2D eigenvalue weighted by molar-refractivity contribution is -0.119. The van der Waals surface area contributed by atoms with Gasteiger partial charge in [-0.15, -0.1) is 0 Å². The Balaban J connectivity index is 1.58. The van der Waals surface area contributed by atoms with Crippen LogP contribution < -0.4 is 15.5 Å². The van der Waals surface area contributed by atoms with Gasteiger partial charge < -0.3 is 10.1 Å². The zero-order valence-electron chi connectivity index (χ0n) is 15.5. The monoisotopic (exact) mass is 397 g/mol. The Morgan fingerprint density at radius 1 is 1.21 bits per heavy atom. The Hall–Kier alpha value is -3.32. The van der Waals surface area contributed by atoms with Crippen LogP contribution >= 0.6 is 11.6 Å². The summed E-state index contributed by atoms with van der Waals surface area (Å²) < 4.78 is 6.73. The quantitative estimate of drug-likeness (QED) is 0.473. The van der Waals surface area contributed by atoms with Crippen molar-refractivity contribution in [1.29, 1.82) is 0 Å². The third-order valence-corrected chi connectivity index (χ3v) is 4.34. The summed E-state index contributed by atoms with van der Waals surface area (Å²) in [7, 11) is 1.60. The first-order chi connectivity index (χ1) is 13.6. The summed E-state index contributed by atoms with van der Waals surface area (Å²) >= 11 is 6.42. The Bertz CT molecular complexity index is 968. The number of hydrogen-bond acceptors (Lipinski definition) is 5. The van der Waals surface area contributed by atoms with Gasteiger partial charge in [0.05, 0.1) is 36.8 Å². The summed E-state index contributed by atoms with van der Waals surface area (Å²) in [4.78, 5) is 12.0. The smallest absolute Gasteiger partial charge is 0.259 e. The van der Waals surface area contributed by atoms with E-state index in [2.05, 4.69) is 20.9 Å². The molecule has 0 atom stereocenters. The van der Waals surface area contributed by atoms with Crippen molar-refractivity contribution in [2.75, 3.05) is 19.0 Å². The van der Waals surface area contributed by atoms with Crippen LogP contribution in [0.5, 0.6) is 5.75 Å². The lowest BCUT2D eigenvalue weighted by Crippen LogP contribution is -2.25. The number of aromatic nitrogens is 2. The molecule has 0 aliphatic carbocycles. The second-order valence-corrected chi connectivity index (χ2v) is 6.27. The molecule has 3 rings (SSSR count). The molecule has 1 aromatic heterocycles. The number of methoxy groups -OCH3 is 1. The van der Waals surface area contributed by atoms with Crippen molar-refractivity contribution in [1.82, 2.24) is 15.2 Å². The van der Waals surface area contributed by atoms with Gasteiger partial charge >= 0.3 is 0 Å². The molecule has 28 heavy (non-hydrogen) atoms. The molecule has 1 amide bonds. The van der Waals surface area contributed by atoms with Gasteiger partial charge in [-0.1, -0.05) is 29.8 Å². The minimum absolute atomic E-state index is 0.0830. The molecule has 0 spiro atoms. The number of rotatable bonds is 7. The van der Waals surface area contributed by atoms with Crippen LogP contribution in [0.25, 0.3) is 5.69 Å². The van der Waals surface area contributed by atoms with Gasteiger partial charge in [-0.25, -0.2) is 10.1 Å². The molecule has 0 saturated carbocycles. The van der Waals surface area contributed by atoms with E-state index in [1.807, 2.05) is 61.5 Å². The fourth-order valence-electron chi connectivity index (χ4n) is 2.50. The summed E-state index contributed by atoms with van der Waals surface area (Å²) in [6.07, 6.45) is 1.50. The number of anilines is 1. The van der Waals surface area contributed by atoms with Crippen molar-refractivity contribution in [2.24, 2.45) is 5.10 Å². The summed E-state index contributed by atoms with van der Waals surface area (Å²) in [5.74, 6) is 0.471. The topological polar surface area (TPSA) is 80.5 Å². The molecule has 0 fully saturated rings. The second kappa shape index (κ2) is 9.05. The number of aryl methyl sites for hydroxylation is 1. The number of hydrazone groups is 1. The Labute approximate surface area is 168 Å². The fourth-order valence-corrected chi connectivity index (χ4v) is 2.82. The predicted molar refractivity (Wildman–Crippen MR) is 111 cm³/mol. The number of halogens is 1. The van der Waals surface area contributed by atoms with E-state index in [0.717, 1.165) is 17.1 Å². The molecule has 2 N–H and O–H groups in total. The molecule has 8 heteroatoms. The molecule has 2 aromatic carbocycles. The first-order valence-electron chi connectivity index (χ1n) is 8.59. The van der Waals surface area contributed by atoms with Crippen molar-refractivity contribution in [2.45, 2.75) is 6.92 Å². The first-order valence-corrected chi connectivity index (χ1v) is 8.96. The summed E-state index contributed by atoms with van der Waals surface area (Å²) in [5.41, 5.74) is 5.49.